The second-order valence-electron chi connectivity index (χ2n) is 3.57. The summed E-state index contributed by atoms with van der Waals surface area (Å²) in [6.07, 6.45) is 0.981. The van der Waals surface area contributed by atoms with Crippen molar-refractivity contribution in [2.75, 3.05) is 5.32 Å². The minimum atomic E-state index is -0.361. The molecule has 0 saturated carbocycles. The molecule has 1 amide bonds. The minimum Gasteiger partial charge on any atom is -0.328 e. The molecule has 0 aliphatic heterocycles. The lowest BCUT2D eigenvalue weighted by Crippen LogP contribution is -2.19. The van der Waals surface area contributed by atoms with Gasteiger partial charge in [-0.3, -0.25) is 4.79 Å². The standard InChI is InChI=1S/C11H15FN2O.ClH/c1-8(13)5-6-11(15)14-10-4-2-3-9(12)7-10;/h2-4,7-8H,5-6,13H2,1H3,(H,14,15);1H. The van der Waals surface area contributed by atoms with Crippen LogP contribution < -0.4 is 11.1 Å². The van der Waals surface area contributed by atoms with Gasteiger partial charge in [0, 0.05) is 18.2 Å². The van der Waals surface area contributed by atoms with Gasteiger partial charge in [-0.2, -0.15) is 0 Å². The molecular weight excluding hydrogens is 231 g/mol. The van der Waals surface area contributed by atoms with Gasteiger partial charge in [0.1, 0.15) is 5.82 Å². The van der Waals surface area contributed by atoms with E-state index in [1.54, 1.807) is 12.1 Å². The van der Waals surface area contributed by atoms with E-state index in [0.717, 1.165) is 0 Å². The van der Waals surface area contributed by atoms with Crippen molar-refractivity contribution in [1.82, 2.24) is 0 Å². The average Bonchev–Trinajstić information content (AvgIpc) is 2.15. The van der Waals surface area contributed by atoms with Crippen LogP contribution in [0.25, 0.3) is 0 Å². The maximum atomic E-state index is 12.8. The Kier molecular flexibility index (Phi) is 6.69. The van der Waals surface area contributed by atoms with E-state index in [1.165, 1.54) is 12.1 Å². The minimum absolute atomic E-state index is 0. The van der Waals surface area contributed by atoms with Crippen LogP contribution in [0.1, 0.15) is 19.8 Å². The number of halogens is 2. The molecule has 1 aromatic carbocycles. The largest absolute Gasteiger partial charge is 0.328 e. The van der Waals surface area contributed by atoms with Gasteiger partial charge in [-0.05, 0) is 31.5 Å². The van der Waals surface area contributed by atoms with Crippen molar-refractivity contribution in [3.8, 4) is 0 Å². The monoisotopic (exact) mass is 246 g/mol. The molecule has 5 heteroatoms. The number of anilines is 1. The molecule has 0 spiro atoms. The molecular formula is C11H16ClFN2O. The molecule has 0 aliphatic rings. The highest BCUT2D eigenvalue weighted by atomic mass is 35.5. The molecule has 3 nitrogen and oxygen atoms in total. The van der Waals surface area contributed by atoms with Crippen molar-refractivity contribution in [3.63, 3.8) is 0 Å². The lowest BCUT2D eigenvalue weighted by Gasteiger charge is -2.06. The third-order valence-corrected chi connectivity index (χ3v) is 1.94. The van der Waals surface area contributed by atoms with Crippen molar-refractivity contribution >= 4 is 24.0 Å². The third kappa shape index (κ3) is 5.68. The number of hydrogen-bond acceptors (Lipinski definition) is 2. The molecule has 3 N–H and O–H groups in total. The summed E-state index contributed by atoms with van der Waals surface area (Å²) in [5.41, 5.74) is 5.99. The first-order chi connectivity index (χ1) is 7.08. The number of rotatable bonds is 4. The quantitative estimate of drug-likeness (QED) is 0.857. The Morgan fingerprint density at radius 2 is 2.25 bits per heavy atom. The molecule has 1 aromatic rings. The van der Waals surface area contributed by atoms with E-state index in [4.69, 9.17) is 5.73 Å². The highest BCUT2D eigenvalue weighted by Crippen LogP contribution is 2.09. The van der Waals surface area contributed by atoms with Gasteiger partial charge in [0.15, 0.2) is 0 Å². The van der Waals surface area contributed by atoms with E-state index in [2.05, 4.69) is 5.32 Å². The number of amides is 1. The third-order valence-electron chi connectivity index (χ3n) is 1.94. The SMILES string of the molecule is CC(N)CCC(=O)Nc1cccc(F)c1.Cl. The predicted molar refractivity (Wildman–Crippen MR) is 65.2 cm³/mol. The van der Waals surface area contributed by atoms with E-state index in [9.17, 15) is 9.18 Å². The summed E-state index contributed by atoms with van der Waals surface area (Å²) in [5.74, 6) is -0.502. The summed E-state index contributed by atoms with van der Waals surface area (Å²) in [5, 5.41) is 2.60. The van der Waals surface area contributed by atoms with Crippen molar-refractivity contribution in [2.45, 2.75) is 25.8 Å². The van der Waals surface area contributed by atoms with E-state index in [-0.39, 0.29) is 30.2 Å². The Morgan fingerprint density at radius 3 is 2.81 bits per heavy atom. The molecule has 0 heterocycles. The molecule has 0 saturated heterocycles. The van der Waals surface area contributed by atoms with Gasteiger partial charge >= 0.3 is 0 Å². The zero-order chi connectivity index (χ0) is 11.3. The van der Waals surface area contributed by atoms with E-state index >= 15 is 0 Å². The highest BCUT2D eigenvalue weighted by Gasteiger charge is 2.04. The number of carbonyl (C=O) groups is 1. The molecule has 1 rings (SSSR count). The van der Waals surface area contributed by atoms with Gasteiger partial charge in [0.2, 0.25) is 5.91 Å². The van der Waals surface area contributed by atoms with Gasteiger partial charge in [-0.15, -0.1) is 12.4 Å². The Hall–Kier alpha value is -1.13. The van der Waals surface area contributed by atoms with Crippen molar-refractivity contribution in [3.05, 3.63) is 30.1 Å². The molecule has 90 valence electrons. The van der Waals surface area contributed by atoms with E-state index in [0.29, 0.717) is 18.5 Å². The van der Waals surface area contributed by atoms with Crippen LogP contribution in [-0.4, -0.2) is 11.9 Å². The zero-order valence-corrected chi connectivity index (χ0v) is 9.89. The normalized spacial score (nSPS) is 11.4. The fourth-order valence-corrected chi connectivity index (χ4v) is 1.15. The summed E-state index contributed by atoms with van der Waals surface area (Å²) >= 11 is 0. The van der Waals surface area contributed by atoms with Crippen molar-refractivity contribution in [1.29, 1.82) is 0 Å². The average molecular weight is 247 g/mol. The zero-order valence-electron chi connectivity index (χ0n) is 9.07. The molecule has 0 aliphatic carbocycles. The van der Waals surface area contributed by atoms with Crippen LogP contribution in [-0.2, 0) is 4.79 Å². The van der Waals surface area contributed by atoms with E-state index < -0.39 is 0 Å². The maximum Gasteiger partial charge on any atom is 0.224 e. The highest BCUT2D eigenvalue weighted by molar-refractivity contribution is 5.90. The van der Waals surface area contributed by atoms with Crippen LogP contribution in [0.5, 0.6) is 0 Å². The Labute approximate surface area is 101 Å². The van der Waals surface area contributed by atoms with Gasteiger partial charge < -0.3 is 11.1 Å². The van der Waals surface area contributed by atoms with Crippen LogP contribution in [0.4, 0.5) is 10.1 Å². The molecule has 1 unspecified atom stereocenters. The van der Waals surface area contributed by atoms with Gasteiger partial charge in [0.05, 0.1) is 0 Å². The number of nitrogens with two attached hydrogens (primary N) is 1. The van der Waals surface area contributed by atoms with Crippen LogP contribution in [0.3, 0.4) is 0 Å². The van der Waals surface area contributed by atoms with Gasteiger partial charge in [0.25, 0.3) is 0 Å². The van der Waals surface area contributed by atoms with Crippen molar-refractivity contribution < 1.29 is 9.18 Å². The molecule has 1 atom stereocenters. The molecule has 0 radical (unpaired) electrons. The van der Waals surface area contributed by atoms with Crippen LogP contribution in [0.15, 0.2) is 24.3 Å². The maximum absolute atomic E-state index is 12.8. The smallest absolute Gasteiger partial charge is 0.224 e. The van der Waals surface area contributed by atoms with Crippen LogP contribution in [0.2, 0.25) is 0 Å². The summed E-state index contributed by atoms with van der Waals surface area (Å²) < 4.78 is 12.8. The topological polar surface area (TPSA) is 55.1 Å². The summed E-state index contributed by atoms with van der Waals surface area (Å²) in [7, 11) is 0. The Balaban J connectivity index is 0.00000225. The molecule has 16 heavy (non-hydrogen) atoms. The first kappa shape index (κ1) is 14.9. The summed E-state index contributed by atoms with van der Waals surface area (Å²) in [4.78, 5) is 11.3. The fraction of sp³-hybridized carbons (Fsp3) is 0.364. The molecule has 0 fully saturated rings. The van der Waals surface area contributed by atoms with Crippen LogP contribution >= 0.6 is 12.4 Å². The number of hydrogen-bond donors (Lipinski definition) is 2. The predicted octanol–water partition coefficient (Wildman–Crippen LogP) is 2.31. The first-order valence-corrected chi connectivity index (χ1v) is 4.89. The Bertz CT molecular complexity index is 345. The number of nitrogens with one attached hydrogen (secondary N) is 1. The lowest BCUT2D eigenvalue weighted by atomic mass is 10.2. The lowest BCUT2D eigenvalue weighted by molar-refractivity contribution is -0.116. The molecule has 0 bridgehead atoms. The summed E-state index contributed by atoms with van der Waals surface area (Å²) in [6.45, 7) is 1.84. The first-order valence-electron chi connectivity index (χ1n) is 4.89. The summed E-state index contributed by atoms with van der Waals surface area (Å²) in [6, 6.07) is 5.81. The number of carbonyl (C=O) groups excluding carboxylic acids is 1. The van der Waals surface area contributed by atoms with Crippen molar-refractivity contribution in [2.24, 2.45) is 5.73 Å². The molecule has 0 aromatic heterocycles. The van der Waals surface area contributed by atoms with Crippen LogP contribution in [0, 0.1) is 5.82 Å². The number of benzene rings is 1. The van der Waals surface area contributed by atoms with E-state index in [1.807, 2.05) is 6.92 Å². The van der Waals surface area contributed by atoms with Gasteiger partial charge in [-0.25, -0.2) is 4.39 Å². The second-order valence-corrected chi connectivity index (χ2v) is 3.57. The fourth-order valence-electron chi connectivity index (χ4n) is 1.15. The second kappa shape index (κ2) is 7.19. The van der Waals surface area contributed by atoms with Gasteiger partial charge in [-0.1, -0.05) is 6.07 Å². The Morgan fingerprint density at radius 1 is 1.56 bits per heavy atom.